The first kappa shape index (κ1) is 10.7. The van der Waals surface area contributed by atoms with Crippen molar-refractivity contribution in [3.63, 3.8) is 0 Å². The molecule has 2 nitrogen and oxygen atoms in total. The van der Waals surface area contributed by atoms with E-state index in [1.165, 1.54) is 0 Å². The van der Waals surface area contributed by atoms with E-state index in [1.54, 1.807) is 19.0 Å². The molecule has 0 aliphatic rings. The zero-order chi connectivity index (χ0) is 5.15. The fraction of sp³-hybridized carbons (Fsp3) is 0.667. The van der Waals surface area contributed by atoms with Crippen LogP contribution < -0.4 is 0 Å². The van der Waals surface area contributed by atoms with Crippen LogP contribution in [0.4, 0.5) is 0 Å². The van der Waals surface area contributed by atoms with Gasteiger partial charge in [0.2, 0.25) is 0 Å². The third kappa shape index (κ3) is 6.79. The fourth-order valence-electron chi connectivity index (χ4n) is 0. The Kier molecular flexibility index (Phi) is 7.56. The van der Waals surface area contributed by atoms with Gasteiger partial charge in [-0.25, -0.2) is 0 Å². The van der Waals surface area contributed by atoms with Gasteiger partial charge in [0.05, 0.1) is 0 Å². The van der Waals surface area contributed by atoms with E-state index in [-0.39, 0.29) is 37.8 Å². The minimum atomic E-state index is 0. The van der Waals surface area contributed by atoms with E-state index in [0.717, 1.165) is 0 Å². The monoisotopic (exact) mass is 192 g/mol. The largest absolute Gasteiger partial charge is 3.00 e. The molecular formula is C3H7N2SY+2. The van der Waals surface area contributed by atoms with Crippen molar-refractivity contribution < 1.29 is 32.7 Å². The number of nitrogens with zero attached hydrogens (tertiary/aromatic N) is 1. The first-order valence-electron chi connectivity index (χ1n) is 1.57. The Hall–Kier alpha value is 0.794. The summed E-state index contributed by atoms with van der Waals surface area (Å²) in [6.45, 7) is 0. The van der Waals surface area contributed by atoms with Gasteiger partial charge in [0, 0.05) is 0 Å². The summed E-state index contributed by atoms with van der Waals surface area (Å²) in [4.78, 5) is 1.56. The van der Waals surface area contributed by atoms with Crippen LogP contribution in [-0.2, 0) is 32.7 Å². The third-order valence-corrected chi connectivity index (χ3v) is 0.771. The summed E-state index contributed by atoms with van der Waals surface area (Å²) in [5.41, 5.74) is 6.69. The quantitative estimate of drug-likeness (QED) is 0.533. The molecule has 0 aromatic heterocycles. The van der Waals surface area contributed by atoms with E-state index >= 15 is 0 Å². The Morgan fingerprint density at radius 3 is 1.71 bits per heavy atom. The van der Waals surface area contributed by atoms with E-state index in [0.29, 0.717) is 0 Å². The smallest absolute Gasteiger partial charge is 0.473 e. The van der Waals surface area contributed by atoms with Crippen molar-refractivity contribution in [2.45, 2.75) is 0 Å². The number of hydrogen-bond acceptors (Lipinski definition) is 1. The van der Waals surface area contributed by atoms with Gasteiger partial charge < -0.3 is 10.6 Å². The summed E-state index contributed by atoms with van der Waals surface area (Å²) in [7, 11) is 3.49. The molecule has 0 rings (SSSR count). The van der Waals surface area contributed by atoms with Crippen molar-refractivity contribution in [1.29, 1.82) is 0 Å². The van der Waals surface area contributed by atoms with Crippen LogP contribution in [0.3, 0.4) is 0 Å². The normalized spacial score (nSPS) is 6.57. The summed E-state index contributed by atoms with van der Waals surface area (Å²) in [6, 6.07) is 0. The maximum absolute atomic E-state index is 6.69. The Morgan fingerprint density at radius 2 is 1.71 bits per heavy atom. The third-order valence-electron chi connectivity index (χ3n) is 0.406. The average molecular weight is 192 g/mol. The van der Waals surface area contributed by atoms with Crippen molar-refractivity contribution in [2.75, 3.05) is 14.1 Å². The van der Waals surface area contributed by atoms with Gasteiger partial charge in [0.15, 0.2) is 0 Å². The molecule has 0 amide bonds. The van der Waals surface area contributed by atoms with Crippen LogP contribution in [0, 0.1) is 0 Å². The van der Waals surface area contributed by atoms with Gasteiger partial charge in [0.1, 0.15) is 0 Å². The molecule has 7 heavy (non-hydrogen) atoms. The van der Waals surface area contributed by atoms with Crippen LogP contribution >= 0.6 is 12.2 Å². The van der Waals surface area contributed by atoms with Gasteiger partial charge in [-0.15, -0.1) is 0 Å². The molecule has 0 aromatic carbocycles. The Morgan fingerprint density at radius 1 is 1.57 bits per heavy atom. The molecule has 0 unspecified atom stereocenters. The van der Waals surface area contributed by atoms with Gasteiger partial charge in [-0.1, -0.05) is 26.3 Å². The van der Waals surface area contributed by atoms with E-state index in [9.17, 15) is 0 Å². The maximum atomic E-state index is 6.69. The van der Waals surface area contributed by atoms with Crippen molar-refractivity contribution in [2.24, 2.45) is 0 Å². The van der Waals surface area contributed by atoms with Crippen molar-refractivity contribution in [3.8, 4) is 0 Å². The molecule has 0 saturated carbocycles. The maximum Gasteiger partial charge on any atom is 3.00 e. The topological polar surface area (TPSA) is 27.0 Å². The van der Waals surface area contributed by atoms with E-state index in [4.69, 9.17) is 5.73 Å². The predicted octanol–water partition coefficient (Wildman–Crippen LogP) is 0.883. The Labute approximate surface area is 74.3 Å². The molecule has 0 saturated heterocycles. The first-order valence-corrected chi connectivity index (χ1v) is 1.98. The minimum Gasteiger partial charge on any atom is -0.473 e. The molecule has 0 spiro atoms. The zero-order valence-electron chi connectivity index (χ0n) is 4.43. The van der Waals surface area contributed by atoms with Gasteiger partial charge in [0.25, 0.3) is 0 Å². The molecule has 0 aliphatic heterocycles. The van der Waals surface area contributed by atoms with Crippen molar-refractivity contribution in [3.05, 3.63) is 5.73 Å². The molecule has 0 aromatic rings. The summed E-state index contributed by atoms with van der Waals surface area (Å²) in [5.74, 6) is 0. The second-order valence-electron chi connectivity index (χ2n) is 1.20. The van der Waals surface area contributed by atoms with Crippen molar-refractivity contribution >= 4 is 17.3 Å². The molecule has 1 N–H and O–H groups in total. The fourth-order valence-corrected chi connectivity index (χ4v) is 0. The molecule has 0 fully saturated rings. The summed E-state index contributed by atoms with van der Waals surface area (Å²) < 4.78 is 0. The van der Waals surface area contributed by atoms with Crippen LogP contribution in [0.5, 0.6) is 0 Å². The molecular weight excluding hydrogens is 185 g/mol. The molecule has 0 heterocycles. The molecule has 0 bridgehead atoms. The molecule has 0 radical (unpaired) electrons. The molecule has 0 atom stereocenters. The SMILES string of the molecule is CN(C)C([NH-])=S.[Y+3]. The Balaban J connectivity index is 0. The summed E-state index contributed by atoms with van der Waals surface area (Å²) in [5, 5.41) is 0.176. The summed E-state index contributed by atoms with van der Waals surface area (Å²) >= 11 is 4.41. The second-order valence-corrected chi connectivity index (χ2v) is 1.59. The predicted molar refractivity (Wildman–Crippen MR) is 30.6 cm³/mol. The van der Waals surface area contributed by atoms with E-state index in [1.807, 2.05) is 0 Å². The molecule has 36 valence electrons. The van der Waals surface area contributed by atoms with Crippen LogP contribution in [0.25, 0.3) is 5.73 Å². The molecule has 0 aliphatic carbocycles. The minimum absolute atomic E-state index is 0. The van der Waals surface area contributed by atoms with Crippen LogP contribution in [0.15, 0.2) is 0 Å². The van der Waals surface area contributed by atoms with E-state index < -0.39 is 0 Å². The van der Waals surface area contributed by atoms with Gasteiger partial charge in [-0.3, -0.25) is 0 Å². The zero-order valence-corrected chi connectivity index (χ0v) is 8.09. The second kappa shape index (κ2) is 4.94. The van der Waals surface area contributed by atoms with Crippen LogP contribution in [0.2, 0.25) is 0 Å². The van der Waals surface area contributed by atoms with Crippen LogP contribution in [-0.4, -0.2) is 24.1 Å². The summed E-state index contributed by atoms with van der Waals surface area (Å²) in [6.07, 6.45) is 0. The Bertz CT molecular complexity index is 64.0. The van der Waals surface area contributed by atoms with Gasteiger partial charge in [-0.05, 0) is 5.11 Å². The number of thiocarbonyl (C=S) groups is 1. The molecule has 4 heteroatoms. The van der Waals surface area contributed by atoms with Crippen molar-refractivity contribution in [1.82, 2.24) is 4.90 Å². The standard InChI is InChI=1S/C3H8N2S.Y/c1-5(2)3(4)6;/h1-2H3,(H2,4,6);/q;+3/p-1. The van der Waals surface area contributed by atoms with Crippen LogP contribution in [0.1, 0.15) is 0 Å². The van der Waals surface area contributed by atoms with Gasteiger partial charge in [-0.2, -0.15) is 0 Å². The van der Waals surface area contributed by atoms with Gasteiger partial charge >= 0.3 is 32.7 Å². The van der Waals surface area contributed by atoms with E-state index in [2.05, 4.69) is 12.2 Å². The average Bonchev–Trinajstić information content (AvgIpc) is 1.36. The first-order chi connectivity index (χ1) is 2.64. The number of nitrogens with one attached hydrogen (secondary N) is 1. The number of hydrogen-bond donors (Lipinski definition) is 0. The number of rotatable bonds is 0.